The highest BCUT2D eigenvalue weighted by Crippen LogP contribution is 2.43. The minimum Gasteiger partial charge on any atom is -0.507 e. The summed E-state index contributed by atoms with van der Waals surface area (Å²) in [7, 11) is 1.56. The molecule has 33 heavy (non-hydrogen) atoms. The number of para-hydroxylation sites is 1. The van der Waals surface area contributed by atoms with Gasteiger partial charge in [-0.1, -0.05) is 24.3 Å². The first kappa shape index (κ1) is 21.1. The predicted molar refractivity (Wildman–Crippen MR) is 123 cm³/mol. The topological polar surface area (TPSA) is 85.3 Å². The van der Waals surface area contributed by atoms with Gasteiger partial charge in [-0.3, -0.25) is 9.59 Å². The molecule has 7 nitrogen and oxygen atoms in total. The van der Waals surface area contributed by atoms with Crippen molar-refractivity contribution in [2.24, 2.45) is 0 Å². The van der Waals surface area contributed by atoms with E-state index in [4.69, 9.17) is 14.2 Å². The quantitative estimate of drug-likeness (QED) is 0.348. The number of likely N-dealkylation sites (tertiary alicyclic amines) is 1. The van der Waals surface area contributed by atoms with Gasteiger partial charge in [0.2, 0.25) is 0 Å². The molecule has 1 atom stereocenters. The number of rotatable bonds is 5. The van der Waals surface area contributed by atoms with Crippen LogP contribution in [0.3, 0.4) is 0 Å². The molecule has 2 aromatic carbocycles. The van der Waals surface area contributed by atoms with Gasteiger partial charge >= 0.3 is 0 Å². The minimum absolute atomic E-state index is 0.0500. The first-order valence-electron chi connectivity index (χ1n) is 10.4. The van der Waals surface area contributed by atoms with Crippen LogP contribution in [0.5, 0.6) is 17.2 Å². The molecule has 1 N–H and O–H groups in total. The van der Waals surface area contributed by atoms with Gasteiger partial charge in [-0.2, -0.15) is 0 Å². The monoisotopic (exact) mass is 463 g/mol. The average Bonchev–Trinajstić information content (AvgIpc) is 3.46. The van der Waals surface area contributed by atoms with E-state index in [-0.39, 0.29) is 17.9 Å². The molecule has 0 bridgehead atoms. The van der Waals surface area contributed by atoms with Crippen molar-refractivity contribution in [2.45, 2.75) is 12.6 Å². The molecule has 1 unspecified atom stereocenters. The molecule has 0 spiro atoms. The van der Waals surface area contributed by atoms with Crippen LogP contribution < -0.4 is 14.2 Å². The van der Waals surface area contributed by atoms with Crippen molar-refractivity contribution < 1.29 is 28.9 Å². The molecular formula is C25H21NO6S. The van der Waals surface area contributed by atoms with Crippen LogP contribution in [0.1, 0.15) is 22.0 Å². The standard InChI is InChI=1S/C25H21NO6S/c1-30-17-6-3-2-5-16(17)14-26-22(20-7-4-12-33-20)21(24(28)25(26)29)23(27)15-8-9-18-19(13-15)32-11-10-31-18/h2-9,12-13,22,27H,10-11,14H2,1H3/b23-21-. The zero-order valence-corrected chi connectivity index (χ0v) is 18.6. The normalized spacial score (nSPS) is 19.1. The number of Topliss-reactive ketones (excluding diaryl/α,β-unsaturated/α-hetero) is 1. The van der Waals surface area contributed by atoms with Crippen LogP contribution in [0, 0.1) is 0 Å². The third-order valence-electron chi connectivity index (χ3n) is 5.70. The lowest BCUT2D eigenvalue weighted by molar-refractivity contribution is -0.140. The third-order valence-corrected chi connectivity index (χ3v) is 6.63. The fourth-order valence-electron chi connectivity index (χ4n) is 4.15. The van der Waals surface area contributed by atoms with E-state index < -0.39 is 17.7 Å². The molecule has 1 amide bonds. The molecule has 2 aliphatic rings. The minimum atomic E-state index is -0.726. The van der Waals surface area contributed by atoms with Gasteiger partial charge in [0.05, 0.1) is 25.3 Å². The maximum atomic E-state index is 13.2. The summed E-state index contributed by atoms with van der Waals surface area (Å²) >= 11 is 1.42. The van der Waals surface area contributed by atoms with Crippen molar-refractivity contribution in [3.05, 3.63) is 81.6 Å². The van der Waals surface area contributed by atoms with Gasteiger partial charge < -0.3 is 24.2 Å². The van der Waals surface area contributed by atoms with Crippen LogP contribution in [0.2, 0.25) is 0 Å². The summed E-state index contributed by atoms with van der Waals surface area (Å²) < 4.78 is 16.6. The Labute approximate surface area is 194 Å². The molecule has 1 aromatic heterocycles. The van der Waals surface area contributed by atoms with E-state index in [1.54, 1.807) is 31.4 Å². The predicted octanol–water partition coefficient (Wildman–Crippen LogP) is 4.15. The molecule has 1 fully saturated rings. The second-order valence-electron chi connectivity index (χ2n) is 7.61. The fraction of sp³-hybridized carbons (Fsp3) is 0.200. The number of methoxy groups -OCH3 is 1. The summed E-state index contributed by atoms with van der Waals surface area (Å²) in [6.07, 6.45) is 0. The van der Waals surface area contributed by atoms with Gasteiger partial charge in [0.1, 0.15) is 24.7 Å². The Morgan fingerprint density at radius 3 is 2.64 bits per heavy atom. The van der Waals surface area contributed by atoms with Gasteiger partial charge in [-0.25, -0.2) is 0 Å². The number of fused-ring (bicyclic) bond motifs is 1. The van der Waals surface area contributed by atoms with Crippen molar-refractivity contribution >= 4 is 28.8 Å². The Hall–Kier alpha value is -3.78. The van der Waals surface area contributed by atoms with Gasteiger partial charge in [-0.15, -0.1) is 11.3 Å². The highest BCUT2D eigenvalue weighted by molar-refractivity contribution is 7.10. The van der Waals surface area contributed by atoms with E-state index in [2.05, 4.69) is 0 Å². The average molecular weight is 464 g/mol. The number of hydrogen-bond acceptors (Lipinski definition) is 7. The number of amides is 1. The number of aliphatic hydroxyl groups is 1. The van der Waals surface area contributed by atoms with Crippen LogP contribution in [-0.4, -0.2) is 42.0 Å². The van der Waals surface area contributed by atoms with Gasteiger partial charge in [0.25, 0.3) is 11.7 Å². The number of aliphatic hydroxyl groups excluding tert-OH is 1. The van der Waals surface area contributed by atoms with E-state index in [9.17, 15) is 14.7 Å². The zero-order valence-electron chi connectivity index (χ0n) is 17.8. The fourth-order valence-corrected chi connectivity index (χ4v) is 4.99. The maximum Gasteiger partial charge on any atom is 0.295 e. The lowest BCUT2D eigenvalue weighted by Crippen LogP contribution is -2.29. The van der Waals surface area contributed by atoms with Crippen LogP contribution in [0.4, 0.5) is 0 Å². The van der Waals surface area contributed by atoms with Crippen LogP contribution in [-0.2, 0) is 16.1 Å². The van der Waals surface area contributed by atoms with Gasteiger partial charge in [-0.05, 0) is 35.7 Å². The molecule has 0 aliphatic carbocycles. The van der Waals surface area contributed by atoms with E-state index in [1.807, 2.05) is 35.7 Å². The molecular weight excluding hydrogens is 442 g/mol. The number of carbonyl (C=O) groups is 2. The highest BCUT2D eigenvalue weighted by Gasteiger charge is 2.46. The summed E-state index contributed by atoms with van der Waals surface area (Å²) in [5.41, 5.74) is 1.20. The SMILES string of the molecule is COc1ccccc1CN1C(=O)C(=O)/C(=C(\O)c2ccc3c(c2)OCCO3)C1c1cccs1. The van der Waals surface area contributed by atoms with Gasteiger partial charge in [0, 0.05) is 16.0 Å². The number of carbonyl (C=O) groups excluding carboxylic acids is 2. The van der Waals surface area contributed by atoms with Gasteiger partial charge in [0.15, 0.2) is 11.5 Å². The van der Waals surface area contributed by atoms with E-state index in [1.165, 1.54) is 16.2 Å². The van der Waals surface area contributed by atoms with Crippen molar-refractivity contribution in [2.75, 3.05) is 20.3 Å². The molecule has 0 radical (unpaired) electrons. The lowest BCUT2D eigenvalue weighted by atomic mass is 9.99. The zero-order chi connectivity index (χ0) is 22.9. The largest absolute Gasteiger partial charge is 0.507 e. The Kier molecular flexibility index (Phi) is 5.51. The summed E-state index contributed by atoms with van der Waals surface area (Å²) in [6.45, 7) is 1.01. The Balaban J connectivity index is 1.60. The first-order chi connectivity index (χ1) is 16.1. The summed E-state index contributed by atoms with van der Waals surface area (Å²) in [4.78, 5) is 28.6. The molecule has 5 rings (SSSR count). The Bertz CT molecular complexity index is 1250. The smallest absolute Gasteiger partial charge is 0.295 e. The number of nitrogens with zero attached hydrogens (tertiary/aromatic N) is 1. The molecule has 2 aliphatic heterocycles. The maximum absolute atomic E-state index is 13.2. The molecule has 3 aromatic rings. The second kappa shape index (κ2) is 8.63. The number of ketones is 1. The summed E-state index contributed by atoms with van der Waals surface area (Å²) in [5, 5.41) is 13.1. The van der Waals surface area contributed by atoms with Crippen molar-refractivity contribution in [1.29, 1.82) is 0 Å². The highest BCUT2D eigenvalue weighted by atomic mass is 32.1. The van der Waals surface area contributed by atoms with E-state index in [0.29, 0.717) is 36.0 Å². The molecule has 1 saturated heterocycles. The third kappa shape index (κ3) is 3.72. The number of thiophene rings is 1. The Morgan fingerprint density at radius 2 is 1.88 bits per heavy atom. The van der Waals surface area contributed by atoms with E-state index in [0.717, 1.165) is 10.4 Å². The molecule has 8 heteroatoms. The molecule has 3 heterocycles. The molecule has 0 saturated carbocycles. The van der Waals surface area contributed by atoms with Crippen LogP contribution in [0.15, 0.2) is 65.6 Å². The first-order valence-corrected chi connectivity index (χ1v) is 11.3. The Morgan fingerprint density at radius 1 is 1.09 bits per heavy atom. The number of ether oxygens (including phenoxy) is 3. The number of benzene rings is 2. The van der Waals surface area contributed by atoms with Crippen LogP contribution in [0.25, 0.3) is 5.76 Å². The molecule has 168 valence electrons. The van der Waals surface area contributed by atoms with E-state index >= 15 is 0 Å². The van der Waals surface area contributed by atoms with Crippen LogP contribution >= 0.6 is 11.3 Å². The number of hydrogen-bond donors (Lipinski definition) is 1. The summed E-state index contributed by atoms with van der Waals surface area (Å²) in [6, 6.07) is 15.3. The summed E-state index contributed by atoms with van der Waals surface area (Å²) in [5.74, 6) is 0.0435. The second-order valence-corrected chi connectivity index (χ2v) is 8.59. The van der Waals surface area contributed by atoms with Crippen molar-refractivity contribution in [1.82, 2.24) is 4.90 Å². The van der Waals surface area contributed by atoms with Crippen molar-refractivity contribution in [3.8, 4) is 17.2 Å². The van der Waals surface area contributed by atoms with Crippen molar-refractivity contribution in [3.63, 3.8) is 0 Å². The lowest BCUT2D eigenvalue weighted by Gasteiger charge is -2.25.